The van der Waals surface area contributed by atoms with Gasteiger partial charge < -0.3 is 4.74 Å². The summed E-state index contributed by atoms with van der Waals surface area (Å²) in [6.45, 7) is 0. The zero-order valence-electron chi connectivity index (χ0n) is 6.44. The maximum atomic E-state index is 10.9. The van der Waals surface area contributed by atoms with E-state index in [2.05, 4.69) is 9.72 Å². The standard InChI is InChI=1S/C7H9N2O2/c1-9-4-3-8-6(5-9)7(10)11-2/h3-5H,1-2H3/q+1. The molecule has 58 valence electrons. The molecule has 1 aromatic rings. The summed E-state index contributed by atoms with van der Waals surface area (Å²) in [5.41, 5.74) is 0.317. The highest BCUT2D eigenvalue weighted by atomic mass is 16.5. The van der Waals surface area contributed by atoms with Crippen LogP contribution in [0.3, 0.4) is 0 Å². The van der Waals surface area contributed by atoms with Crippen molar-refractivity contribution in [3.8, 4) is 0 Å². The SMILES string of the molecule is COC(=O)c1c[n+](C)ccn1. The summed E-state index contributed by atoms with van der Waals surface area (Å²) in [5, 5.41) is 0. The molecule has 11 heavy (non-hydrogen) atoms. The molecule has 0 unspecified atom stereocenters. The highest BCUT2D eigenvalue weighted by Gasteiger charge is 2.09. The molecule has 0 fully saturated rings. The summed E-state index contributed by atoms with van der Waals surface area (Å²) >= 11 is 0. The number of nitrogens with zero attached hydrogens (tertiary/aromatic N) is 2. The van der Waals surface area contributed by atoms with Gasteiger partial charge >= 0.3 is 5.97 Å². The molecule has 0 aliphatic heterocycles. The van der Waals surface area contributed by atoms with Crippen LogP contribution in [0.1, 0.15) is 10.5 Å². The van der Waals surface area contributed by atoms with Crippen molar-refractivity contribution in [1.82, 2.24) is 4.98 Å². The number of hydrogen-bond acceptors (Lipinski definition) is 3. The maximum absolute atomic E-state index is 10.9. The van der Waals surface area contributed by atoms with Crippen LogP contribution in [0.25, 0.3) is 0 Å². The second kappa shape index (κ2) is 3.09. The van der Waals surface area contributed by atoms with Crippen molar-refractivity contribution in [2.24, 2.45) is 7.05 Å². The van der Waals surface area contributed by atoms with E-state index in [9.17, 15) is 4.79 Å². The van der Waals surface area contributed by atoms with Gasteiger partial charge in [0.15, 0.2) is 6.20 Å². The van der Waals surface area contributed by atoms with E-state index >= 15 is 0 Å². The first-order valence-electron chi connectivity index (χ1n) is 3.13. The normalized spacial score (nSPS) is 9.27. The van der Waals surface area contributed by atoms with Gasteiger partial charge in [-0.2, -0.15) is 0 Å². The zero-order chi connectivity index (χ0) is 8.27. The molecule has 0 saturated heterocycles. The molecule has 1 rings (SSSR count). The van der Waals surface area contributed by atoms with Gasteiger partial charge in [-0.05, 0) is 0 Å². The van der Waals surface area contributed by atoms with Gasteiger partial charge in [-0.15, -0.1) is 0 Å². The lowest BCUT2D eigenvalue weighted by Gasteiger charge is -1.93. The molecule has 4 nitrogen and oxygen atoms in total. The van der Waals surface area contributed by atoms with E-state index in [1.165, 1.54) is 7.11 Å². The molecule has 0 aliphatic rings. The lowest BCUT2D eigenvalue weighted by atomic mass is 10.4. The van der Waals surface area contributed by atoms with Gasteiger partial charge in [0.1, 0.15) is 7.05 Å². The largest absolute Gasteiger partial charge is 0.464 e. The lowest BCUT2D eigenvalue weighted by Crippen LogP contribution is -2.28. The van der Waals surface area contributed by atoms with E-state index in [0.29, 0.717) is 5.69 Å². The molecule has 1 heterocycles. The van der Waals surface area contributed by atoms with Crippen molar-refractivity contribution >= 4 is 5.97 Å². The highest BCUT2D eigenvalue weighted by molar-refractivity contribution is 5.86. The van der Waals surface area contributed by atoms with Gasteiger partial charge in [-0.25, -0.2) is 14.3 Å². The molecule has 0 amide bonds. The predicted octanol–water partition coefficient (Wildman–Crippen LogP) is -0.307. The maximum Gasteiger partial charge on any atom is 0.362 e. The topological polar surface area (TPSA) is 43.1 Å². The Bertz CT molecular complexity index is 273. The number of aromatic nitrogens is 2. The fraction of sp³-hybridized carbons (Fsp3) is 0.286. The average Bonchev–Trinajstić information content (AvgIpc) is 2.03. The van der Waals surface area contributed by atoms with Crippen LogP contribution in [0.2, 0.25) is 0 Å². The van der Waals surface area contributed by atoms with Gasteiger partial charge in [-0.1, -0.05) is 0 Å². The Balaban J connectivity index is 2.96. The Morgan fingerprint density at radius 1 is 1.73 bits per heavy atom. The van der Waals surface area contributed by atoms with Gasteiger partial charge in [0.25, 0.3) is 0 Å². The van der Waals surface area contributed by atoms with Crippen LogP contribution in [-0.4, -0.2) is 18.1 Å². The first-order chi connectivity index (χ1) is 5.24. The van der Waals surface area contributed by atoms with Gasteiger partial charge in [0, 0.05) is 0 Å². The molecule has 0 atom stereocenters. The van der Waals surface area contributed by atoms with Crippen molar-refractivity contribution in [3.63, 3.8) is 0 Å². The number of carbonyl (C=O) groups is 1. The number of rotatable bonds is 1. The first-order valence-corrected chi connectivity index (χ1v) is 3.13. The molecule has 0 aliphatic carbocycles. The Hall–Kier alpha value is -1.45. The number of esters is 1. The second-order valence-electron chi connectivity index (χ2n) is 2.10. The van der Waals surface area contributed by atoms with Gasteiger partial charge in [0.2, 0.25) is 11.9 Å². The zero-order valence-corrected chi connectivity index (χ0v) is 6.44. The van der Waals surface area contributed by atoms with E-state index in [-0.39, 0.29) is 0 Å². The van der Waals surface area contributed by atoms with Gasteiger partial charge in [-0.3, -0.25) is 0 Å². The Morgan fingerprint density at radius 2 is 2.45 bits per heavy atom. The van der Waals surface area contributed by atoms with E-state index in [4.69, 9.17) is 0 Å². The van der Waals surface area contributed by atoms with Gasteiger partial charge in [0.05, 0.1) is 13.3 Å². The van der Waals surface area contributed by atoms with E-state index in [1.807, 2.05) is 7.05 Å². The van der Waals surface area contributed by atoms with Crippen LogP contribution in [0.4, 0.5) is 0 Å². The fourth-order valence-corrected chi connectivity index (χ4v) is 0.698. The van der Waals surface area contributed by atoms with Crippen LogP contribution < -0.4 is 4.57 Å². The Kier molecular flexibility index (Phi) is 2.15. The van der Waals surface area contributed by atoms with Crippen molar-refractivity contribution in [2.45, 2.75) is 0 Å². The monoisotopic (exact) mass is 153 g/mol. The highest BCUT2D eigenvalue weighted by Crippen LogP contribution is 1.89. The average molecular weight is 153 g/mol. The third kappa shape index (κ3) is 1.73. The van der Waals surface area contributed by atoms with E-state index in [0.717, 1.165) is 0 Å². The van der Waals surface area contributed by atoms with E-state index < -0.39 is 5.97 Å². The molecule has 1 aromatic heterocycles. The summed E-state index contributed by atoms with van der Waals surface area (Å²) in [6, 6.07) is 0. The molecule has 0 saturated carbocycles. The van der Waals surface area contributed by atoms with Crippen LogP contribution in [0.15, 0.2) is 18.6 Å². The smallest absolute Gasteiger partial charge is 0.362 e. The molecule has 4 heteroatoms. The minimum absolute atomic E-state index is 0.317. The number of aryl methyl sites for hydroxylation is 1. The number of ether oxygens (including phenoxy) is 1. The Morgan fingerprint density at radius 3 is 3.00 bits per heavy atom. The van der Waals surface area contributed by atoms with Crippen molar-refractivity contribution < 1.29 is 14.1 Å². The minimum Gasteiger partial charge on any atom is -0.464 e. The third-order valence-electron chi connectivity index (χ3n) is 1.24. The lowest BCUT2D eigenvalue weighted by molar-refractivity contribution is -0.672. The van der Waals surface area contributed by atoms with Crippen molar-refractivity contribution in [3.05, 3.63) is 24.3 Å². The quantitative estimate of drug-likeness (QED) is 0.410. The van der Waals surface area contributed by atoms with Crippen LogP contribution in [0, 0.1) is 0 Å². The molecular formula is C7H9N2O2+. The molecular weight excluding hydrogens is 144 g/mol. The molecule has 0 aromatic carbocycles. The second-order valence-corrected chi connectivity index (χ2v) is 2.10. The van der Waals surface area contributed by atoms with Crippen LogP contribution in [0.5, 0.6) is 0 Å². The predicted molar refractivity (Wildman–Crippen MR) is 36.8 cm³/mol. The summed E-state index contributed by atoms with van der Waals surface area (Å²) in [7, 11) is 3.14. The minimum atomic E-state index is -0.416. The van der Waals surface area contributed by atoms with Crippen LogP contribution in [-0.2, 0) is 11.8 Å². The first kappa shape index (κ1) is 7.65. The molecule has 0 N–H and O–H groups in total. The number of carbonyl (C=O) groups excluding carboxylic acids is 1. The van der Waals surface area contributed by atoms with Crippen molar-refractivity contribution in [2.75, 3.05) is 7.11 Å². The molecule has 0 bridgehead atoms. The fourth-order valence-electron chi connectivity index (χ4n) is 0.698. The summed E-state index contributed by atoms with van der Waals surface area (Å²) in [5.74, 6) is -0.416. The molecule has 0 radical (unpaired) electrons. The third-order valence-corrected chi connectivity index (χ3v) is 1.24. The summed E-state index contributed by atoms with van der Waals surface area (Å²) < 4.78 is 6.21. The van der Waals surface area contributed by atoms with E-state index in [1.54, 1.807) is 23.2 Å². The number of hydrogen-bond donors (Lipinski definition) is 0. The van der Waals surface area contributed by atoms with Crippen molar-refractivity contribution in [1.29, 1.82) is 0 Å². The molecule has 0 spiro atoms. The Labute approximate surface area is 64.5 Å². The summed E-state index contributed by atoms with van der Waals surface area (Å²) in [6.07, 6.45) is 4.89. The summed E-state index contributed by atoms with van der Waals surface area (Å²) in [4.78, 5) is 14.7. The number of methoxy groups -OCH3 is 1. The van der Waals surface area contributed by atoms with Crippen LogP contribution >= 0.6 is 0 Å².